The van der Waals surface area contributed by atoms with Gasteiger partial charge in [0.05, 0.1) is 34.9 Å². The van der Waals surface area contributed by atoms with Crippen molar-refractivity contribution in [2.45, 2.75) is 46.6 Å². The van der Waals surface area contributed by atoms with Gasteiger partial charge in [-0.25, -0.2) is 4.79 Å². The van der Waals surface area contributed by atoms with Crippen molar-refractivity contribution in [2.24, 2.45) is 11.8 Å². The van der Waals surface area contributed by atoms with Crippen LogP contribution in [0.15, 0.2) is 72.8 Å². The van der Waals surface area contributed by atoms with Crippen LogP contribution in [0.25, 0.3) is 0 Å². The van der Waals surface area contributed by atoms with E-state index in [-0.39, 0.29) is 17.9 Å². The maximum atomic E-state index is 11.6. The Hall–Kier alpha value is -2.78. The first-order chi connectivity index (χ1) is 19.0. The van der Waals surface area contributed by atoms with Crippen molar-refractivity contribution in [3.8, 4) is 0 Å². The fraction of sp³-hybridized carbons (Fsp3) is 0.500. The summed E-state index contributed by atoms with van der Waals surface area (Å²) in [5.74, 6) is 0.0328. The predicted octanol–water partition coefficient (Wildman–Crippen LogP) is 5.63. The van der Waals surface area contributed by atoms with Gasteiger partial charge in [0.2, 0.25) is 0 Å². The number of likely N-dealkylation sites (tertiary alicyclic amines) is 1. The van der Waals surface area contributed by atoms with Crippen molar-refractivity contribution in [3.63, 3.8) is 0 Å². The van der Waals surface area contributed by atoms with Gasteiger partial charge in [-0.2, -0.15) is 0 Å². The summed E-state index contributed by atoms with van der Waals surface area (Å²) in [4.78, 5) is 26.4. The van der Waals surface area contributed by atoms with Crippen molar-refractivity contribution in [3.05, 3.63) is 83.9 Å². The van der Waals surface area contributed by atoms with Crippen molar-refractivity contribution in [2.75, 3.05) is 47.3 Å². The molecular formula is C32H50N2O5Si. The minimum atomic E-state index is -1.07. The summed E-state index contributed by atoms with van der Waals surface area (Å²) >= 11 is 0. The normalized spacial score (nSPS) is 17.0. The Morgan fingerprint density at radius 1 is 0.925 bits per heavy atom. The molecule has 0 amide bonds. The van der Waals surface area contributed by atoms with Crippen LogP contribution >= 0.6 is 0 Å². The van der Waals surface area contributed by atoms with Crippen molar-refractivity contribution in [1.82, 2.24) is 9.80 Å². The molecule has 7 nitrogen and oxygen atoms in total. The maximum Gasteiger partial charge on any atom is 0.330 e. The van der Waals surface area contributed by atoms with Gasteiger partial charge in [0.15, 0.2) is 0 Å². The summed E-state index contributed by atoms with van der Waals surface area (Å²) in [6.07, 6.45) is 4.17. The van der Waals surface area contributed by atoms with Crippen LogP contribution in [0.5, 0.6) is 0 Å². The molecule has 1 aliphatic heterocycles. The lowest BCUT2D eigenvalue weighted by Crippen LogP contribution is -2.40. The number of rotatable bonds is 10. The van der Waals surface area contributed by atoms with Crippen LogP contribution in [-0.2, 0) is 36.9 Å². The molecule has 1 aliphatic rings. The van der Waals surface area contributed by atoms with Crippen molar-refractivity contribution >= 4 is 20.0 Å². The van der Waals surface area contributed by atoms with E-state index in [0.717, 1.165) is 32.9 Å². The minimum Gasteiger partial charge on any atom is -0.469 e. The van der Waals surface area contributed by atoms with Crippen LogP contribution in [0, 0.1) is 11.8 Å². The van der Waals surface area contributed by atoms with E-state index >= 15 is 0 Å². The fourth-order valence-electron chi connectivity index (χ4n) is 4.54. The number of carbonyl (C=O) groups excluding carboxylic acids is 2. The SMILES string of the molecule is C/C=C/C(=O)OC.COC(=O)C1CN(Cc2ccccc2)CC1C.COCN(Cc1ccccc1)C[Si](C)(C)C. The van der Waals surface area contributed by atoms with E-state index < -0.39 is 8.07 Å². The Morgan fingerprint density at radius 2 is 1.50 bits per heavy atom. The third-order valence-electron chi connectivity index (χ3n) is 6.20. The first kappa shape index (κ1) is 35.2. The molecule has 8 heteroatoms. The Bertz CT molecular complexity index is 995. The van der Waals surface area contributed by atoms with E-state index in [9.17, 15) is 9.59 Å². The number of ether oxygens (including phenoxy) is 3. The second kappa shape index (κ2) is 19.3. The summed E-state index contributed by atoms with van der Waals surface area (Å²) in [6, 6.07) is 20.9. The second-order valence-corrected chi connectivity index (χ2v) is 16.7. The number of esters is 2. The van der Waals surface area contributed by atoms with Gasteiger partial charge in [-0.05, 0) is 30.1 Å². The lowest BCUT2D eigenvalue weighted by Gasteiger charge is -2.28. The van der Waals surface area contributed by atoms with Gasteiger partial charge in [0, 0.05) is 39.4 Å². The average Bonchev–Trinajstić information content (AvgIpc) is 3.29. The molecule has 2 atom stereocenters. The summed E-state index contributed by atoms with van der Waals surface area (Å²) in [7, 11) is 3.52. The summed E-state index contributed by atoms with van der Waals surface area (Å²) in [5, 5.41) is 0. The zero-order valence-corrected chi connectivity index (χ0v) is 26.8. The highest BCUT2D eigenvalue weighted by molar-refractivity contribution is 6.76. The molecule has 0 radical (unpaired) electrons. The van der Waals surface area contributed by atoms with E-state index in [4.69, 9.17) is 9.47 Å². The molecule has 0 spiro atoms. The molecule has 1 fully saturated rings. The Kier molecular flexibility index (Phi) is 17.0. The van der Waals surface area contributed by atoms with Gasteiger partial charge in [0.1, 0.15) is 0 Å². The predicted molar refractivity (Wildman–Crippen MR) is 165 cm³/mol. The van der Waals surface area contributed by atoms with Crippen molar-refractivity contribution < 1.29 is 23.8 Å². The highest BCUT2D eigenvalue weighted by atomic mass is 28.3. The van der Waals surface area contributed by atoms with Gasteiger partial charge in [-0.15, -0.1) is 0 Å². The van der Waals surface area contributed by atoms with Crippen LogP contribution < -0.4 is 0 Å². The Labute approximate surface area is 243 Å². The lowest BCUT2D eigenvalue weighted by atomic mass is 9.99. The zero-order valence-electron chi connectivity index (χ0n) is 25.8. The molecule has 3 rings (SSSR count). The molecule has 1 heterocycles. The second-order valence-electron chi connectivity index (χ2n) is 11.3. The summed E-state index contributed by atoms with van der Waals surface area (Å²) in [6.45, 7) is 15.4. The number of benzene rings is 2. The van der Waals surface area contributed by atoms with Gasteiger partial charge in [-0.1, -0.05) is 93.3 Å². The smallest absolute Gasteiger partial charge is 0.330 e. The van der Waals surface area contributed by atoms with Crippen LogP contribution in [0.4, 0.5) is 0 Å². The van der Waals surface area contributed by atoms with Gasteiger partial charge >= 0.3 is 11.9 Å². The third-order valence-corrected chi connectivity index (χ3v) is 7.60. The van der Waals surface area contributed by atoms with E-state index in [0.29, 0.717) is 5.92 Å². The third kappa shape index (κ3) is 15.1. The molecule has 40 heavy (non-hydrogen) atoms. The molecule has 222 valence electrons. The molecule has 0 aliphatic carbocycles. The number of hydrogen-bond acceptors (Lipinski definition) is 7. The zero-order chi connectivity index (χ0) is 30.0. The number of methoxy groups -OCH3 is 3. The van der Waals surface area contributed by atoms with Crippen LogP contribution in [0.2, 0.25) is 19.6 Å². The standard InChI is InChI=1S/C14H19NO2.C13H23NOSi.C5H8O2/c1-11-8-15(10-13(11)14(16)17-2)9-12-6-4-3-5-7-12;1-15-11-14(12-16(2,3)4)10-13-8-6-5-7-9-13;1-3-4-5(6)7-2/h3-7,11,13H,8-10H2,1-2H3;5-9H,10-12H2,1-4H3;3-4H,1-2H3/b;;4-3+. The van der Waals surface area contributed by atoms with Crippen LogP contribution in [-0.4, -0.2) is 77.1 Å². The van der Waals surface area contributed by atoms with E-state index in [1.165, 1.54) is 37.6 Å². The van der Waals surface area contributed by atoms with Gasteiger partial charge in [-0.3, -0.25) is 14.6 Å². The quantitative estimate of drug-likeness (QED) is 0.159. The molecule has 2 unspecified atom stereocenters. The number of allylic oxidation sites excluding steroid dienone is 1. The first-order valence-corrected chi connectivity index (χ1v) is 17.5. The average molecular weight is 571 g/mol. The van der Waals surface area contributed by atoms with E-state index in [2.05, 4.69) is 83.6 Å². The molecule has 2 aromatic carbocycles. The van der Waals surface area contributed by atoms with Gasteiger partial charge < -0.3 is 14.2 Å². The molecule has 2 aromatic rings. The summed E-state index contributed by atoms with van der Waals surface area (Å²) in [5.41, 5.74) is 2.66. The molecule has 0 bridgehead atoms. The number of hydrogen-bond donors (Lipinski definition) is 0. The lowest BCUT2D eigenvalue weighted by molar-refractivity contribution is -0.146. The Morgan fingerprint density at radius 3 is 1.95 bits per heavy atom. The number of nitrogens with zero attached hydrogens (tertiary/aromatic N) is 2. The fourth-order valence-corrected chi connectivity index (χ4v) is 6.09. The van der Waals surface area contributed by atoms with E-state index in [1.807, 2.05) is 18.2 Å². The minimum absolute atomic E-state index is 0.0312. The molecule has 0 saturated carbocycles. The van der Waals surface area contributed by atoms with Crippen LogP contribution in [0.1, 0.15) is 25.0 Å². The largest absolute Gasteiger partial charge is 0.469 e. The monoisotopic (exact) mass is 570 g/mol. The maximum absolute atomic E-state index is 11.6. The van der Waals surface area contributed by atoms with E-state index in [1.54, 1.807) is 20.1 Å². The molecular weight excluding hydrogens is 520 g/mol. The molecule has 0 N–H and O–H groups in total. The number of carbonyl (C=O) groups is 2. The highest BCUT2D eigenvalue weighted by Gasteiger charge is 2.35. The van der Waals surface area contributed by atoms with Crippen LogP contribution in [0.3, 0.4) is 0 Å². The highest BCUT2D eigenvalue weighted by Crippen LogP contribution is 2.25. The van der Waals surface area contributed by atoms with Gasteiger partial charge in [0.25, 0.3) is 0 Å². The first-order valence-electron chi connectivity index (χ1n) is 13.8. The topological polar surface area (TPSA) is 68.3 Å². The molecule has 1 saturated heterocycles. The van der Waals surface area contributed by atoms with Crippen molar-refractivity contribution in [1.29, 1.82) is 0 Å². The summed E-state index contributed by atoms with van der Waals surface area (Å²) < 4.78 is 14.4. The Balaban J connectivity index is 0.000000326. The molecule has 0 aromatic heterocycles.